The van der Waals surface area contributed by atoms with E-state index in [9.17, 15) is 9.18 Å². The van der Waals surface area contributed by atoms with Gasteiger partial charge in [-0.3, -0.25) is 9.48 Å². The van der Waals surface area contributed by atoms with Crippen molar-refractivity contribution < 1.29 is 13.9 Å². The van der Waals surface area contributed by atoms with E-state index in [-0.39, 0.29) is 17.9 Å². The fourth-order valence-corrected chi connectivity index (χ4v) is 1.92. The van der Waals surface area contributed by atoms with Gasteiger partial charge in [0.2, 0.25) is 0 Å². The molecule has 4 nitrogen and oxygen atoms in total. The molecule has 0 fully saturated rings. The van der Waals surface area contributed by atoms with Crippen molar-refractivity contribution in [2.45, 2.75) is 13.5 Å². The normalized spacial score (nSPS) is 10.5. The molecular weight excluding hydrogens is 271 g/mol. The van der Waals surface area contributed by atoms with Crippen molar-refractivity contribution in [3.05, 3.63) is 46.0 Å². The van der Waals surface area contributed by atoms with Crippen molar-refractivity contribution in [2.75, 3.05) is 0 Å². The molecule has 1 heterocycles. The molecule has 0 aliphatic heterocycles. The first-order valence-electron chi connectivity index (χ1n) is 5.58. The van der Waals surface area contributed by atoms with E-state index in [4.69, 9.17) is 16.3 Å². The lowest BCUT2D eigenvalue weighted by Crippen LogP contribution is -1.99. The van der Waals surface area contributed by atoms with Gasteiger partial charge in [-0.2, -0.15) is 5.10 Å². The van der Waals surface area contributed by atoms with Crippen LogP contribution in [0.4, 0.5) is 4.39 Å². The molecule has 0 saturated heterocycles. The van der Waals surface area contributed by atoms with Crippen LogP contribution in [0.25, 0.3) is 0 Å². The lowest BCUT2D eigenvalue weighted by atomic mass is 10.2. The summed E-state index contributed by atoms with van der Waals surface area (Å²) >= 11 is 6.05. The standard InChI is InChI=1S/C13H12ClFN2O2/c1-8-10(13(14)17(2)16-8)7-19-12-4-3-9(6-18)5-11(12)15/h3-6H,7H2,1-2H3. The molecule has 1 aromatic heterocycles. The van der Waals surface area contributed by atoms with Gasteiger partial charge in [0.05, 0.1) is 5.69 Å². The molecule has 1 aromatic carbocycles. The highest BCUT2D eigenvalue weighted by molar-refractivity contribution is 6.30. The number of hydrogen-bond acceptors (Lipinski definition) is 3. The van der Waals surface area contributed by atoms with Gasteiger partial charge in [0, 0.05) is 18.2 Å². The maximum absolute atomic E-state index is 13.6. The number of aromatic nitrogens is 2. The Hall–Kier alpha value is -1.88. The number of hydrogen-bond donors (Lipinski definition) is 0. The van der Waals surface area contributed by atoms with Gasteiger partial charge in [0.15, 0.2) is 11.6 Å². The van der Waals surface area contributed by atoms with Gasteiger partial charge in [0.1, 0.15) is 18.0 Å². The van der Waals surface area contributed by atoms with Crippen LogP contribution in [0.5, 0.6) is 5.75 Å². The third-order valence-electron chi connectivity index (χ3n) is 2.73. The average Bonchev–Trinajstić information content (AvgIpc) is 2.62. The molecule has 2 rings (SSSR count). The number of benzene rings is 1. The Morgan fingerprint density at radius 1 is 1.53 bits per heavy atom. The second-order valence-corrected chi connectivity index (χ2v) is 4.43. The third-order valence-corrected chi connectivity index (χ3v) is 3.21. The Morgan fingerprint density at radius 3 is 2.79 bits per heavy atom. The lowest BCUT2D eigenvalue weighted by molar-refractivity contribution is 0.112. The third kappa shape index (κ3) is 2.76. The Balaban J connectivity index is 2.16. The van der Waals surface area contributed by atoms with Crippen LogP contribution in [0.15, 0.2) is 18.2 Å². The van der Waals surface area contributed by atoms with E-state index in [0.29, 0.717) is 17.0 Å². The molecule has 0 bridgehead atoms. The molecule has 0 atom stereocenters. The zero-order chi connectivity index (χ0) is 14.0. The molecule has 19 heavy (non-hydrogen) atoms. The van der Waals surface area contributed by atoms with E-state index >= 15 is 0 Å². The van der Waals surface area contributed by atoms with Crippen molar-refractivity contribution >= 4 is 17.9 Å². The Bertz CT molecular complexity index is 625. The Labute approximate surface area is 114 Å². The van der Waals surface area contributed by atoms with Crippen LogP contribution in [-0.2, 0) is 13.7 Å². The molecule has 0 N–H and O–H groups in total. The van der Waals surface area contributed by atoms with Gasteiger partial charge >= 0.3 is 0 Å². The minimum atomic E-state index is -0.581. The summed E-state index contributed by atoms with van der Waals surface area (Å²) in [5.41, 5.74) is 1.71. The van der Waals surface area contributed by atoms with Gasteiger partial charge in [-0.05, 0) is 25.1 Å². The van der Waals surface area contributed by atoms with Crippen LogP contribution in [0.1, 0.15) is 21.6 Å². The largest absolute Gasteiger partial charge is 0.486 e. The van der Waals surface area contributed by atoms with Crippen LogP contribution in [-0.4, -0.2) is 16.1 Å². The van der Waals surface area contributed by atoms with Gasteiger partial charge in [-0.15, -0.1) is 0 Å². The van der Waals surface area contributed by atoms with Gasteiger partial charge < -0.3 is 4.74 Å². The smallest absolute Gasteiger partial charge is 0.165 e. The number of aldehydes is 1. The minimum absolute atomic E-state index is 0.0740. The molecule has 2 aromatic rings. The predicted octanol–water partition coefficient (Wildman–Crippen LogP) is 2.91. The zero-order valence-corrected chi connectivity index (χ0v) is 11.2. The lowest BCUT2D eigenvalue weighted by Gasteiger charge is -2.07. The summed E-state index contributed by atoms with van der Waals surface area (Å²) in [7, 11) is 1.72. The molecule has 0 unspecified atom stereocenters. The number of carbonyl (C=O) groups is 1. The molecule has 6 heteroatoms. The van der Waals surface area contributed by atoms with E-state index in [1.165, 1.54) is 16.8 Å². The van der Waals surface area contributed by atoms with Crippen LogP contribution in [0.2, 0.25) is 5.15 Å². The summed E-state index contributed by atoms with van der Waals surface area (Å²) in [5.74, 6) is -0.507. The van der Waals surface area contributed by atoms with Crippen LogP contribution >= 0.6 is 11.6 Å². The highest BCUT2D eigenvalue weighted by Crippen LogP contribution is 2.23. The van der Waals surface area contributed by atoms with E-state index in [0.717, 1.165) is 11.8 Å². The summed E-state index contributed by atoms with van der Waals surface area (Å²) in [4.78, 5) is 10.5. The van der Waals surface area contributed by atoms with Gasteiger partial charge in [-0.25, -0.2) is 4.39 Å². The van der Waals surface area contributed by atoms with Crippen LogP contribution in [0.3, 0.4) is 0 Å². The Kier molecular flexibility index (Phi) is 3.85. The summed E-state index contributed by atoms with van der Waals surface area (Å²) in [6, 6.07) is 4.03. The molecule has 0 saturated carbocycles. The number of carbonyl (C=O) groups excluding carboxylic acids is 1. The van der Waals surface area contributed by atoms with E-state index in [1.807, 2.05) is 0 Å². The summed E-state index contributed by atoms with van der Waals surface area (Å²) in [5, 5.41) is 4.60. The highest BCUT2D eigenvalue weighted by atomic mass is 35.5. The minimum Gasteiger partial charge on any atom is -0.486 e. The van der Waals surface area contributed by atoms with Crippen LogP contribution in [0, 0.1) is 12.7 Å². The summed E-state index contributed by atoms with van der Waals surface area (Å²) in [6.07, 6.45) is 0.578. The number of nitrogens with zero attached hydrogens (tertiary/aromatic N) is 2. The Morgan fingerprint density at radius 2 is 2.26 bits per heavy atom. The number of aryl methyl sites for hydroxylation is 2. The second kappa shape index (κ2) is 5.40. The first kappa shape index (κ1) is 13.5. The van der Waals surface area contributed by atoms with Crippen molar-refractivity contribution in [2.24, 2.45) is 7.05 Å². The monoisotopic (exact) mass is 282 g/mol. The fourth-order valence-electron chi connectivity index (χ4n) is 1.70. The van der Waals surface area contributed by atoms with Gasteiger partial charge in [-0.1, -0.05) is 11.6 Å². The predicted molar refractivity (Wildman–Crippen MR) is 69.1 cm³/mol. The summed E-state index contributed by atoms with van der Waals surface area (Å²) < 4.78 is 20.5. The van der Waals surface area contributed by atoms with Gasteiger partial charge in [0.25, 0.3) is 0 Å². The molecular formula is C13H12ClFN2O2. The van der Waals surface area contributed by atoms with E-state index in [2.05, 4.69) is 5.10 Å². The van der Waals surface area contributed by atoms with Crippen LogP contribution < -0.4 is 4.74 Å². The number of ether oxygens (including phenoxy) is 1. The van der Waals surface area contributed by atoms with Crippen molar-refractivity contribution in [3.63, 3.8) is 0 Å². The van der Waals surface area contributed by atoms with E-state index in [1.54, 1.807) is 14.0 Å². The molecule has 0 aliphatic rings. The molecule has 0 aliphatic carbocycles. The van der Waals surface area contributed by atoms with Crippen molar-refractivity contribution in [3.8, 4) is 5.75 Å². The van der Waals surface area contributed by atoms with E-state index < -0.39 is 5.82 Å². The average molecular weight is 283 g/mol. The molecule has 0 radical (unpaired) electrons. The van der Waals surface area contributed by atoms with Crippen molar-refractivity contribution in [1.82, 2.24) is 9.78 Å². The number of rotatable bonds is 4. The SMILES string of the molecule is Cc1nn(C)c(Cl)c1COc1ccc(C=O)cc1F. The topological polar surface area (TPSA) is 44.1 Å². The molecule has 0 spiro atoms. The maximum atomic E-state index is 13.6. The zero-order valence-electron chi connectivity index (χ0n) is 10.5. The maximum Gasteiger partial charge on any atom is 0.165 e. The second-order valence-electron chi connectivity index (χ2n) is 4.07. The van der Waals surface area contributed by atoms with Crippen molar-refractivity contribution in [1.29, 1.82) is 0 Å². The molecule has 0 amide bonds. The highest BCUT2D eigenvalue weighted by Gasteiger charge is 2.13. The molecule has 100 valence electrons. The first-order chi connectivity index (χ1) is 9.02. The number of halogens is 2. The fraction of sp³-hybridized carbons (Fsp3) is 0.231. The quantitative estimate of drug-likeness (QED) is 0.810. The first-order valence-corrected chi connectivity index (χ1v) is 5.96. The summed E-state index contributed by atoms with van der Waals surface area (Å²) in [6.45, 7) is 1.92.